The van der Waals surface area contributed by atoms with Gasteiger partial charge in [-0.25, -0.2) is 9.78 Å². The molecular formula is C11H15NO2. The van der Waals surface area contributed by atoms with E-state index in [9.17, 15) is 4.79 Å². The molecule has 0 fully saturated rings. The number of rotatable bonds is 4. The average Bonchev–Trinajstić information content (AvgIpc) is 2.20. The highest BCUT2D eigenvalue weighted by molar-refractivity contribution is 5.87. The van der Waals surface area contributed by atoms with Crippen LogP contribution in [0.25, 0.3) is 0 Å². The Morgan fingerprint density at radius 2 is 2.21 bits per heavy atom. The molecule has 0 aliphatic rings. The number of carbonyl (C=O) groups is 1. The zero-order chi connectivity index (χ0) is 10.4. The number of pyridine rings is 1. The average molecular weight is 193 g/mol. The Balaban J connectivity index is 2.67. The normalized spacial score (nSPS) is 9.86. The van der Waals surface area contributed by atoms with Gasteiger partial charge in [0.05, 0.1) is 6.61 Å². The molecule has 0 saturated heterocycles. The molecule has 0 unspecified atom stereocenters. The first-order valence-electron chi connectivity index (χ1n) is 4.90. The summed E-state index contributed by atoms with van der Waals surface area (Å²) in [6.45, 7) is 4.28. The molecule has 0 radical (unpaired) electrons. The number of aryl methyl sites for hydroxylation is 1. The number of hydrogen-bond acceptors (Lipinski definition) is 3. The smallest absolute Gasteiger partial charge is 0.356 e. The van der Waals surface area contributed by atoms with Gasteiger partial charge >= 0.3 is 5.97 Å². The van der Waals surface area contributed by atoms with E-state index in [4.69, 9.17) is 4.74 Å². The van der Waals surface area contributed by atoms with Crippen LogP contribution in [0.4, 0.5) is 0 Å². The molecule has 3 nitrogen and oxygen atoms in total. The summed E-state index contributed by atoms with van der Waals surface area (Å²) in [5.74, 6) is -0.351. The van der Waals surface area contributed by atoms with E-state index in [-0.39, 0.29) is 5.97 Å². The summed E-state index contributed by atoms with van der Waals surface area (Å²) < 4.78 is 4.83. The van der Waals surface area contributed by atoms with Crippen molar-refractivity contribution in [3.05, 3.63) is 29.6 Å². The van der Waals surface area contributed by atoms with Crippen molar-refractivity contribution in [2.45, 2.75) is 26.7 Å². The van der Waals surface area contributed by atoms with Gasteiger partial charge in [0, 0.05) is 6.20 Å². The third-order valence-electron chi connectivity index (χ3n) is 1.85. The van der Waals surface area contributed by atoms with Gasteiger partial charge < -0.3 is 4.74 Å². The van der Waals surface area contributed by atoms with Crippen molar-refractivity contribution in [2.24, 2.45) is 0 Å². The minimum Gasteiger partial charge on any atom is -0.461 e. The summed E-state index contributed by atoms with van der Waals surface area (Å²) in [6.07, 6.45) is 3.81. The van der Waals surface area contributed by atoms with Crippen LogP contribution in [0.2, 0.25) is 0 Å². The third kappa shape index (κ3) is 2.83. The molecule has 1 heterocycles. The molecule has 0 saturated carbocycles. The highest BCUT2D eigenvalue weighted by Gasteiger charge is 2.06. The summed E-state index contributed by atoms with van der Waals surface area (Å²) in [7, 11) is 0. The van der Waals surface area contributed by atoms with Gasteiger partial charge in [-0.2, -0.15) is 0 Å². The van der Waals surface area contributed by atoms with E-state index in [0.717, 1.165) is 18.4 Å². The third-order valence-corrected chi connectivity index (χ3v) is 1.85. The zero-order valence-electron chi connectivity index (χ0n) is 8.62. The van der Waals surface area contributed by atoms with Crippen LogP contribution in [0.1, 0.15) is 36.3 Å². The van der Waals surface area contributed by atoms with Gasteiger partial charge in [-0.05, 0) is 25.0 Å². The van der Waals surface area contributed by atoms with Gasteiger partial charge in [0.25, 0.3) is 0 Å². The van der Waals surface area contributed by atoms with Gasteiger partial charge in [-0.15, -0.1) is 0 Å². The molecule has 3 heteroatoms. The van der Waals surface area contributed by atoms with E-state index in [1.165, 1.54) is 0 Å². The molecule has 0 aromatic carbocycles. The first kappa shape index (κ1) is 10.7. The quantitative estimate of drug-likeness (QED) is 0.688. The zero-order valence-corrected chi connectivity index (χ0v) is 8.62. The Labute approximate surface area is 84.1 Å². The van der Waals surface area contributed by atoms with E-state index in [0.29, 0.717) is 12.3 Å². The van der Waals surface area contributed by atoms with Crippen molar-refractivity contribution in [2.75, 3.05) is 6.61 Å². The summed E-state index contributed by atoms with van der Waals surface area (Å²) in [5, 5.41) is 0. The predicted octanol–water partition coefficient (Wildman–Crippen LogP) is 2.21. The van der Waals surface area contributed by atoms with Crippen LogP contribution in [0.15, 0.2) is 18.3 Å². The van der Waals surface area contributed by atoms with Gasteiger partial charge in [-0.3, -0.25) is 0 Å². The number of esters is 1. The second kappa shape index (κ2) is 5.37. The van der Waals surface area contributed by atoms with Crippen LogP contribution in [0, 0.1) is 0 Å². The molecule has 1 aromatic rings. The fraction of sp³-hybridized carbons (Fsp3) is 0.455. The molecule has 14 heavy (non-hydrogen) atoms. The van der Waals surface area contributed by atoms with Crippen LogP contribution in [0.3, 0.4) is 0 Å². The maximum atomic E-state index is 11.2. The van der Waals surface area contributed by atoms with Crippen molar-refractivity contribution in [1.82, 2.24) is 4.98 Å². The fourth-order valence-corrected chi connectivity index (χ4v) is 1.19. The Hall–Kier alpha value is -1.38. The predicted molar refractivity (Wildman–Crippen MR) is 54.2 cm³/mol. The van der Waals surface area contributed by atoms with Crippen molar-refractivity contribution < 1.29 is 9.53 Å². The van der Waals surface area contributed by atoms with Crippen molar-refractivity contribution in [3.63, 3.8) is 0 Å². The molecule has 0 atom stereocenters. The van der Waals surface area contributed by atoms with Crippen molar-refractivity contribution in [3.8, 4) is 0 Å². The number of nitrogens with zero attached hydrogens (tertiary/aromatic N) is 1. The summed E-state index contributed by atoms with van der Waals surface area (Å²) in [5.41, 5.74) is 1.53. The van der Waals surface area contributed by atoms with Gasteiger partial charge in [0.1, 0.15) is 5.69 Å². The van der Waals surface area contributed by atoms with Crippen LogP contribution in [-0.2, 0) is 11.2 Å². The molecule has 76 valence electrons. The molecule has 0 N–H and O–H groups in total. The van der Waals surface area contributed by atoms with E-state index >= 15 is 0 Å². The number of carbonyl (C=O) groups excluding carboxylic acids is 1. The van der Waals surface area contributed by atoms with Crippen LogP contribution in [0.5, 0.6) is 0 Å². The first-order chi connectivity index (χ1) is 6.77. The van der Waals surface area contributed by atoms with Gasteiger partial charge in [0.15, 0.2) is 0 Å². The van der Waals surface area contributed by atoms with Crippen LogP contribution < -0.4 is 0 Å². The molecule has 0 aliphatic heterocycles. The maximum absolute atomic E-state index is 11.2. The van der Waals surface area contributed by atoms with E-state index in [2.05, 4.69) is 11.9 Å². The minimum absolute atomic E-state index is 0.351. The molecule has 0 aliphatic carbocycles. The molecule has 1 rings (SSSR count). The maximum Gasteiger partial charge on any atom is 0.356 e. The molecule has 0 amide bonds. The topological polar surface area (TPSA) is 39.2 Å². The molecule has 0 bridgehead atoms. The largest absolute Gasteiger partial charge is 0.461 e. The number of ether oxygens (including phenoxy) is 1. The summed E-state index contributed by atoms with van der Waals surface area (Å²) >= 11 is 0. The van der Waals surface area contributed by atoms with E-state index in [1.54, 1.807) is 19.2 Å². The van der Waals surface area contributed by atoms with E-state index in [1.807, 2.05) is 6.07 Å². The lowest BCUT2D eigenvalue weighted by Crippen LogP contribution is -2.06. The lowest BCUT2D eigenvalue weighted by atomic mass is 10.1. The first-order valence-corrected chi connectivity index (χ1v) is 4.90. The Morgan fingerprint density at radius 3 is 2.71 bits per heavy atom. The fourth-order valence-electron chi connectivity index (χ4n) is 1.19. The molecular weight excluding hydrogens is 178 g/mol. The van der Waals surface area contributed by atoms with E-state index < -0.39 is 0 Å². The molecule has 0 spiro atoms. The molecule has 1 aromatic heterocycles. The lowest BCUT2D eigenvalue weighted by molar-refractivity contribution is 0.0519. The van der Waals surface area contributed by atoms with Gasteiger partial charge in [0.2, 0.25) is 0 Å². The van der Waals surface area contributed by atoms with Crippen LogP contribution in [-0.4, -0.2) is 17.6 Å². The van der Waals surface area contributed by atoms with Crippen LogP contribution >= 0.6 is 0 Å². The summed E-state index contributed by atoms with van der Waals surface area (Å²) in [4.78, 5) is 15.3. The second-order valence-corrected chi connectivity index (χ2v) is 3.02. The Morgan fingerprint density at radius 1 is 1.43 bits per heavy atom. The monoisotopic (exact) mass is 193 g/mol. The SMILES string of the molecule is CCCc1ccc(C(=O)OCC)nc1. The number of aromatic nitrogens is 1. The number of hydrogen-bond donors (Lipinski definition) is 0. The minimum atomic E-state index is -0.351. The highest BCUT2D eigenvalue weighted by atomic mass is 16.5. The Kier molecular flexibility index (Phi) is 4.11. The van der Waals surface area contributed by atoms with Crippen molar-refractivity contribution >= 4 is 5.97 Å². The van der Waals surface area contributed by atoms with Gasteiger partial charge in [-0.1, -0.05) is 19.4 Å². The highest BCUT2D eigenvalue weighted by Crippen LogP contribution is 2.04. The Bertz CT molecular complexity index is 293. The summed E-state index contributed by atoms with van der Waals surface area (Å²) in [6, 6.07) is 3.63. The van der Waals surface area contributed by atoms with Crippen molar-refractivity contribution in [1.29, 1.82) is 0 Å². The standard InChI is InChI=1S/C11H15NO2/c1-3-5-9-6-7-10(12-8-9)11(13)14-4-2/h6-8H,3-5H2,1-2H3. The second-order valence-electron chi connectivity index (χ2n) is 3.02. The lowest BCUT2D eigenvalue weighted by Gasteiger charge is -2.01.